The van der Waals surface area contributed by atoms with Crippen LogP contribution in [0.15, 0.2) is 42.5 Å². The van der Waals surface area contributed by atoms with Crippen LogP contribution < -0.4 is 14.4 Å². The molecule has 2 atom stereocenters. The van der Waals surface area contributed by atoms with E-state index >= 15 is 0 Å². The number of nitrogens with one attached hydrogen (secondary N) is 1. The van der Waals surface area contributed by atoms with E-state index in [4.69, 9.17) is 4.74 Å². The van der Waals surface area contributed by atoms with Crippen LogP contribution in [0.1, 0.15) is 36.1 Å². The molecule has 0 unspecified atom stereocenters. The van der Waals surface area contributed by atoms with E-state index in [9.17, 15) is 13.2 Å². The van der Waals surface area contributed by atoms with Crippen LogP contribution in [-0.4, -0.2) is 33.2 Å². The van der Waals surface area contributed by atoms with E-state index in [0.29, 0.717) is 11.4 Å². The highest BCUT2D eigenvalue weighted by Crippen LogP contribution is 2.34. The molecular weight excluding hydrogens is 376 g/mol. The minimum atomic E-state index is -3.47. The van der Waals surface area contributed by atoms with Crippen LogP contribution in [0.25, 0.3) is 0 Å². The van der Waals surface area contributed by atoms with E-state index in [0.717, 1.165) is 11.8 Å². The quantitative estimate of drug-likeness (QED) is 0.853. The third-order valence-electron chi connectivity index (χ3n) is 5.08. The average molecular weight is 403 g/mol. The number of hydrogen-bond acceptors (Lipinski definition) is 4. The zero-order chi connectivity index (χ0) is 20.5. The maximum Gasteiger partial charge on any atom is 0.261 e. The number of para-hydroxylation sites is 2. The largest absolute Gasteiger partial charge is 0.478 e. The van der Waals surface area contributed by atoms with Gasteiger partial charge in [-0.2, -0.15) is 0 Å². The first kappa shape index (κ1) is 20.2. The van der Waals surface area contributed by atoms with Crippen molar-refractivity contribution in [1.82, 2.24) is 5.32 Å². The molecule has 1 aliphatic rings. The Morgan fingerprint density at radius 2 is 1.89 bits per heavy atom. The van der Waals surface area contributed by atoms with Crippen LogP contribution in [0, 0.1) is 13.8 Å². The SMILES string of the molecule is Cc1ccc([C@H](C)NC(=O)[C@@H]2CCN(S(C)(=O)=O)c3ccccc3O2)cc1C. The number of carbonyl (C=O) groups excluding carboxylic acids is 1. The second-order valence-electron chi connectivity index (χ2n) is 7.27. The zero-order valence-electron chi connectivity index (χ0n) is 16.6. The van der Waals surface area contributed by atoms with E-state index in [1.54, 1.807) is 24.3 Å². The number of sulfonamides is 1. The number of benzene rings is 2. The minimum absolute atomic E-state index is 0.181. The van der Waals surface area contributed by atoms with Gasteiger partial charge in [0.1, 0.15) is 5.75 Å². The lowest BCUT2D eigenvalue weighted by molar-refractivity contribution is -0.128. The maximum atomic E-state index is 12.8. The molecule has 2 aromatic carbocycles. The molecule has 1 aliphatic heterocycles. The lowest BCUT2D eigenvalue weighted by Crippen LogP contribution is -2.40. The topological polar surface area (TPSA) is 75.7 Å². The van der Waals surface area contributed by atoms with Crippen LogP contribution in [0.2, 0.25) is 0 Å². The Hall–Kier alpha value is -2.54. The van der Waals surface area contributed by atoms with Gasteiger partial charge in [0.2, 0.25) is 10.0 Å². The molecule has 0 aromatic heterocycles. The van der Waals surface area contributed by atoms with Crippen molar-refractivity contribution in [2.75, 3.05) is 17.1 Å². The fraction of sp³-hybridized carbons (Fsp3) is 0.381. The van der Waals surface area contributed by atoms with Gasteiger partial charge in [-0.25, -0.2) is 8.42 Å². The van der Waals surface area contributed by atoms with Crippen molar-refractivity contribution in [3.63, 3.8) is 0 Å². The number of anilines is 1. The number of fused-ring (bicyclic) bond motifs is 1. The van der Waals surface area contributed by atoms with Crippen LogP contribution in [0.3, 0.4) is 0 Å². The summed E-state index contributed by atoms with van der Waals surface area (Å²) in [6.07, 6.45) is 0.668. The molecular formula is C21H26N2O4S. The van der Waals surface area contributed by atoms with Gasteiger partial charge in [-0.05, 0) is 49.6 Å². The fourth-order valence-electron chi connectivity index (χ4n) is 3.28. The lowest BCUT2D eigenvalue weighted by atomic mass is 10.0. The van der Waals surface area contributed by atoms with Crippen molar-refractivity contribution in [2.24, 2.45) is 0 Å². The highest BCUT2D eigenvalue weighted by atomic mass is 32.2. The van der Waals surface area contributed by atoms with Crippen molar-refractivity contribution in [3.8, 4) is 5.75 Å². The first-order chi connectivity index (χ1) is 13.2. The van der Waals surface area contributed by atoms with E-state index in [-0.39, 0.29) is 24.9 Å². The summed E-state index contributed by atoms with van der Waals surface area (Å²) in [4.78, 5) is 12.8. The Bertz CT molecular complexity index is 988. The lowest BCUT2D eigenvalue weighted by Gasteiger charge is -2.21. The highest BCUT2D eigenvalue weighted by molar-refractivity contribution is 7.92. The molecule has 2 aromatic rings. The van der Waals surface area contributed by atoms with Gasteiger partial charge in [-0.1, -0.05) is 30.3 Å². The molecule has 0 radical (unpaired) electrons. The van der Waals surface area contributed by atoms with Gasteiger partial charge in [0.05, 0.1) is 18.0 Å². The summed E-state index contributed by atoms with van der Waals surface area (Å²) < 4.78 is 31.5. The van der Waals surface area contributed by atoms with Crippen LogP contribution in [0.4, 0.5) is 5.69 Å². The summed E-state index contributed by atoms with van der Waals surface area (Å²) in [5.74, 6) is 0.139. The molecule has 0 spiro atoms. The molecule has 150 valence electrons. The van der Waals surface area contributed by atoms with Crippen molar-refractivity contribution in [1.29, 1.82) is 0 Å². The van der Waals surface area contributed by atoms with Crippen molar-refractivity contribution >= 4 is 21.6 Å². The third kappa shape index (κ3) is 4.30. The molecule has 1 heterocycles. The Morgan fingerprint density at radius 3 is 2.57 bits per heavy atom. The second-order valence-corrected chi connectivity index (χ2v) is 9.18. The third-order valence-corrected chi connectivity index (χ3v) is 6.26. The van der Waals surface area contributed by atoms with Crippen LogP contribution in [0.5, 0.6) is 5.75 Å². The van der Waals surface area contributed by atoms with E-state index in [2.05, 4.69) is 11.4 Å². The molecule has 1 amide bonds. The molecule has 0 saturated carbocycles. The van der Waals surface area contributed by atoms with Gasteiger partial charge >= 0.3 is 0 Å². The standard InChI is InChI=1S/C21H26N2O4S/c1-14-9-10-17(13-15(14)2)16(3)22-21(24)20-11-12-23(28(4,25)26)18-7-5-6-8-19(18)27-20/h5-10,13,16,20H,11-12H2,1-4H3,(H,22,24)/t16-,20-/m0/s1. The molecule has 3 rings (SSSR count). The monoisotopic (exact) mass is 402 g/mol. The maximum absolute atomic E-state index is 12.8. The zero-order valence-corrected chi connectivity index (χ0v) is 17.4. The fourth-order valence-corrected chi connectivity index (χ4v) is 4.23. The summed E-state index contributed by atoms with van der Waals surface area (Å²) in [5, 5.41) is 2.99. The number of rotatable bonds is 4. The van der Waals surface area contributed by atoms with Gasteiger partial charge < -0.3 is 10.1 Å². The van der Waals surface area contributed by atoms with Gasteiger partial charge in [-0.3, -0.25) is 9.10 Å². The average Bonchev–Trinajstić information content (AvgIpc) is 2.83. The highest BCUT2D eigenvalue weighted by Gasteiger charge is 2.31. The van der Waals surface area contributed by atoms with Crippen molar-refractivity contribution in [2.45, 2.75) is 39.3 Å². The summed E-state index contributed by atoms with van der Waals surface area (Å²) >= 11 is 0. The normalized spacial score (nSPS) is 17.9. The van der Waals surface area contributed by atoms with E-state index in [1.165, 1.54) is 15.4 Å². The molecule has 7 heteroatoms. The number of hydrogen-bond donors (Lipinski definition) is 1. The predicted molar refractivity (Wildman–Crippen MR) is 110 cm³/mol. The number of amides is 1. The molecule has 0 saturated heterocycles. The molecule has 0 aliphatic carbocycles. The number of aryl methyl sites for hydroxylation is 2. The van der Waals surface area contributed by atoms with E-state index in [1.807, 2.05) is 32.9 Å². The number of carbonyl (C=O) groups is 1. The number of ether oxygens (including phenoxy) is 1. The van der Waals surface area contributed by atoms with Gasteiger partial charge in [0.25, 0.3) is 5.91 Å². The summed E-state index contributed by atoms with van der Waals surface area (Å²) in [6.45, 7) is 6.20. The van der Waals surface area contributed by atoms with Crippen LogP contribution >= 0.6 is 0 Å². The minimum Gasteiger partial charge on any atom is -0.478 e. The number of nitrogens with zero attached hydrogens (tertiary/aromatic N) is 1. The predicted octanol–water partition coefficient (Wildman–Crippen LogP) is 3.10. The molecule has 1 N–H and O–H groups in total. The molecule has 0 fully saturated rings. The van der Waals surface area contributed by atoms with E-state index < -0.39 is 16.1 Å². The molecule has 0 bridgehead atoms. The first-order valence-electron chi connectivity index (χ1n) is 9.27. The first-order valence-corrected chi connectivity index (χ1v) is 11.1. The van der Waals surface area contributed by atoms with Crippen molar-refractivity contribution in [3.05, 3.63) is 59.2 Å². The Balaban J connectivity index is 1.79. The second kappa shape index (κ2) is 7.83. The van der Waals surface area contributed by atoms with Gasteiger partial charge in [-0.15, -0.1) is 0 Å². The van der Waals surface area contributed by atoms with Gasteiger partial charge in [0.15, 0.2) is 6.10 Å². The Labute approximate surface area is 166 Å². The smallest absolute Gasteiger partial charge is 0.261 e. The van der Waals surface area contributed by atoms with Crippen LogP contribution in [-0.2, 0) is 14.8 Å². The Kier molecular flexibility index (Phi) is 5.65. The summed E-state index contributed by atoms with van der Waals surface area (Å²) in [7, 11) is -3.47. The van der Waals surface area contributed by atoms with Gasteiger partial charge in [0, 0.05) is 13.0 Å². The molecule has 6 nitrogen and oxygen atoms in total. The molecule has 28 heavy (non-hydrogen) atoms. The van der Waals surface area contributed by atoms with Crippen molar-refractivity contribution < 1.29 is 17.9 Å². The Morgan fingerprint density at radius 1 is 1.18 bits per heavy atom. The summed E-state index contributed by atoms with van der Waals surface area (Å²) in [5.41, 5.74) is 3.85. The summed E-state index contributed by atoms with van der Waals surface area (Å²) in [6, 6.07) is 12.8.